The van der Waals surface area contributed by atoms with Crippen LogP contribution in [-0.4, -0.2) is 16.1 Å². The maximum absolute atomic E-state index is 11.2. The van der Waals surface area contributed by atoms with E-state index in [9.17, 15) is 9.59 Å². The number of rotatable bonds is 3. The Bertz CT molecular complexity index is 363. The van der Waals surface area contributed by atoms with Crippen molar-refractivity contribution in [2.24, 2.45) is 0 Å². The van der Waals surface area contributed by atoms with Crippen LogP contribution in [0.25, 0.3) is 0 Å². The molecule has 0 aliphatic heterocycles. The number of Topliss-reactive ketones (excluding diaryl/α,β-unsaturated/α-hetero) is 1. The summed E-state index contributed by atoms with van der Waals surface area (Å²) >= 11 is 1.97. The molecule has 0 aliphatic carbocycles. The molecule has 0 radical (unpaired) electrons. The van der Waals surface area contributed by atoms with Crippen molar-refractivity contribution in [2.45, 2.75) is 6.92 Å². The van der Waals surface area contributed by atoms with Crippen molar-refractivity contribution < 1.29 is 9.59 Å². The molecule has 3 nitrogen and oxygen atoms in total. The molecule has 0 heterocycles. The van der Waals surface area contributed by atoms with E-state index in [0.29, 0.717) is 15.7 Å². The summed E-state index contributed by atoms with van der Waals surface area (Å²) in [4.78, 5) is 22.3. The number of amides is 1. The van der Waals surface area contributed by atoms with Crippen LogP contribution in [0.3, 0.4) is 0 Å². The second-order valence-corrected chi connectivity index (χ2v) is 3.55. The average Bonchev–Trinajstić information content (AvgIpc) is 2.18. The van der Waals surface area contributed by atoms with Crippen molar-refractivity contribution in [2.75, 3.05) is 9.74 Å². The fourth-order valence-electron chi connectivity index (χ4n) is 1.08. The van der Waals surface area contributed by atoms with Gasteiger partial charge < -0.3 is 5.32 Å². The smallest absolute Gasteiger partial charge is 0.234 e. The van der Waals surface area contributed by atoms with Crippen LogP contribution in [0.15, 0.2) is 24.3 Å². The minimum Gasteiger partial charge on any atom is -0.325 e. The molecule has 0 atom stereocenters. The third-order valence-corrected chi connectivity index (χ3v) is 2.39. The number of alkyl halides is 1. The van der Waals surface area contributed by atoms with Crippen molar-refractivity contribution in [3.8, 4) is 0 Å². The number of carbonyl (C=O) groups excluding carboxylic acids is 2. The Balaban J connectivity index is 2.95. The highest BCUT2D eigenvalue weighted by Gasteiger charge is 2.07. The molecule has 0 saturated carbocycles. The molecule has 0 fully saturated rings. The lowest BCUT2D eigenvalue weighted by Crippen LogP contribution is -2.14. The maximum atomic E-state index is 11.2. The molecule has 0 saturated heterocycles. The van der Waals surface area contributed by atoms with E-state index in [0.717, 1.165) is 0 Å². The van der Waals surface area contributed by atoms with Gasteiger partial charge in [-0.05, 0) is 19.1 Å². The van der Waals surface area contributed by atoms with Gasteiger partial charge in [0.2, 0.25) is 5.91 Å². The first kappa shape index (κ1) is 11.2. The van der Waals surface area contributed by atoms with Gasteiger partial charge in [0.25, 0.3) is 0 Å². The van der Waals surface area contributed by atoms with E-state index in [1.165, 1.54) is 6.92 Å². The molecule has 14 heavy (non-hydrogen) atoms. The molecule has 0 aliphatic rings. The Morgan fingerprint density at radius 3 is 2.57 bits per heavy atom. The minimum atomic E-state index is -0.0979. The van der Waals surface area contributed by atoms with Gasteiger partial charge >= 0.3 is 0 Å². The van der Waals surface area contributed by atoms with Gasteiger partial charge in [0.1, 0.15) is 0 Å². The van der Waals surface area contributed by atoms with Crippen molar-refractivity contribution in [3.05, 3.63) is 29.8 Å². The van der Waals surface area contributed by atoms with Gasteiger partial charge in [0.05, 0.1) is 10.1 Å². The number of para-hydroxylation sites is 1. The van der Waals surface area contributed by atoms with E-state index >= 15 is 0 Å². The first-order valence-electron chi connectivity index (χ1n) is 4.11. The molecular weight excluding hydrogens is 293 g/mol. The second kappa shape index (κ2) is 5.09. The first-order valence-corrected chi connectivity index (χ1v) is 5.63. The van der Waals surface area contributed by atoms with Crippen LogP contribution in [0.5, 0.6) is 0 Å². The lowest BCUT2D eigenvalue weighted by molar-refractivity contribution is -0.113. The van der Waals surface area contributed by atoms with Crippen LogP contribution in [0, 0.1) is 0 Å². The van der Waals surface area contributed by atoms with Crippen LogP contribution in [0.2, 0.25) is 0 Å². The van der Waals surface area contributed by atoms with Crippen LogP contribution >= 0.6 is 22.6 Å². The highest BCUT2D eigenvalue weighted by molar-refractivity contribution is 14.1. The summed E-state index contributed by atoms with van der Waals surface area (Å²) in [5.41, 5.74) is 1.13. The van der Waals surface area contributed by atoms with Crippen molar-refractivity contribution in [1.82, 2.24) is 0 Å². The molecule has 0 bridgehead atoms. The molecular formula is C10H10INO2. The van der Waals surface area contributed by atoms with Gasteiger partial charge in [-0.15, -0.1) is 0 Å². The lowest BCUT2D eigenvalue weighted by atomic mass is 10.1. The summed E-state index contributed by atoms with van der Waals surface area (Å²) in [6.45, 7) is 1.48. The largest absolute Gasteiger partial charge is 0.325 e. The molecule has 0 unspecified atom stereocenters. The summed E-state index contributed by atoms with van der Waals surface area (Å²) < 4.78 is 0.379. The van der Waals surface area contributed by atoms with E-state index in [4.69, 9.17) is 0 Å². The van der Waals surface area contributed by atoms with E-state index in [2.05, 4.69) is 5.32 Å². The maximum Gasteiger partial charge on any atom is 0.234 e. The summed E-state index contributed by atoms with van der Waals surface area (Å²) in [7, 11) is 0. The van der Waals surface area contributed by atoms with Crippen LogP contribution in [-0.2, 0) is 4.79 Å². The Kier molecular flexibility index (Phi) is 4.06. The lowest BCUT2D eigenvalue weighted by Gasteiger charge is -2.06. The zero-order valence-corrected chi connectivity index (χ0v) is 9.87. The first-order chi connectivity index (χ1) is 6.65. The predicted molar refractivity (Wildman–Crippen MR) is 64.0 cm³/mol. The third-order valence-electron chi connectivity index (χ3n) is 1.70. The summed E-state index contributed by atoms with van der Waals surface area (Å²) in [5.74, 6) is -0.145. The monoisotopic (exact) mass is 303 g/mol. The highest BCUT2D eigenvalue weighted by atomic mass is 127. The van der Waals surface area contributed by atoms with Crippen LogP contribution in [0.4, 0.5) is 5.69 Å². The zero-order chi connectivity index (χ0) is 10.6. The number of carbonyl (C=O) groups is 2. The van der Waals surface area contributed by atoms with Gasteiger partial charge in [-0.25, -0.2) is 0 Å². The topological polar surface area (TPSA) is 46.2 Å². The number of ketones is 1. The molecule has 0 aromatic heterocycles. The van der Waals surface area contributed by atoms with Crippen molar-refractivity contribution >= 4 is 40.0 Å². The Morgan fingerprint density at radius 1 is 1.36 bits per heavy atom. The van der Waals surface area contributed by atoms with Crippen LogP contribution < -0.4 is 5.32 Å². The quantitative estimate of drug-likeness (QED) is 0.529. The van der Waals surface area contributed by atoms with Crippen molar-refractivity contribution in [1.29, 1.82) is 0 Å². The third kappa shape index (κ3) is 2.80. The number of anilines is 1. The van der Waals surface area contributed by atoms with Gasteiger partial charge in [0.15, 0.2) is 5.78 Å². The normalized spacial score (nSPS) is 9.57. The highest BCUT2D eigenvalue weighted by Crippen LogP contribution is 2.15. The number of hydrogen-bond acceptors (Lipinski definition) is 2. The second-order valence-electron chi connectivity index (χ2n) is 2.78. The molecule has 1 aromatic carbocycles. The molecule has 0 spiro atoms. The summed E-state index contributed by atoms with van der Waals surface area (Å²) in [6, 6.07) is 6.98. The average molecular weight is 303 g/mol. The van der Waals surface area contributed by atoms with Crippen molar-refractivity contribution in [3.63, 3.8) is 0 Å². The molecule has 74 valence electrons. The zero-order valence-electron chi connectivity index (χ0n) is 7.71. The fourth-order valence-corrected chi connectivity index (χ4v) is 1.27. The van der Waals surface area contributed by atoms with E-state index < -0.39 is 0 Å². The predicted octanol–water partition coefficient (Wildman–Crippen LogP) is 2.26. The molecule has 4 heteroatoms. The summed E-state index contributed by atoms with van der Waals surface area (Å²) in [6.07, 6.45) is 0. The van der Waals surface area contributed by atoms with Gasteiger partial charge in [0, 0.05) is 5.56 Å². The number of nitrogens with one attached hydrogen (secondary N) is 1. The fraction of sp³-hybridized carbons (Fsp3) is 0.200. The Labute approximate surface area is 96.0 Å². The standard InChI is InChI=1S/C10H10INO2/c1-7(13)8-4-2-3-5-9(8)12-10(14)6-11/h2-5H,6H2,1H3,(H,12,14). The van der Waals surface area contributed by atoms with Crippen LogP contribution in [0.1, 0.15) is 17.3 Å². The molecule has 1 amide bonds. The Hall–Kier alpha value is -0.910. The minimum absolute atomic E-state index is 0.0469. The number of hydrogen-bond donors (Lipinski definition) is 1. The van der Waals surface area contributed by atoms with Gasteiger partial charge in [-0.1, -0.05) is 34.7 Å². The van der Waals surface area contributed by atoms with E-state index in [-0.39, 0.29) is 11.7 Å². The van der Waals surface area contributed by atoms with E-state index in [1.54, 1.807) is 24.3 Å². The number of halogens is 1. The van der Waals surface area contributed by atoms with Gasteiger partial charge in [-0.3, -0.25) is 9.59 Å². The Morgan fingerprint density at radius 2 is 2.00 bits per heavy atom. The molecule has 1 aromatic rings. The molecule has 1 rings (SSSR count). The summed E-state index contributed by atoms with van der Waals surface area (Å²) in [5, 5.41) is 2.67. The number of benzene rings is 1. The SMILES string of the molecule is CC(=O)c1ccccc1NC(=O)CI. The van der Waals surface area contributed by atoms with Gasteiger partial charge in [-0.2, -0.15) is 0 Å². The molecule has 1 N–H and O–H groups in total. The van der Waals surface area contributed by atoms with E-state index in [1.807, 2.05) is 22.6 Å².